The molecule has 0 aliphatic carbocycles. The van der Waals surface area contributed by atoms with Crippen LogP contribution >= 0.6 is 0 Å². The van der Waals surface area contributed by atoms with Gasteiger partial charge in [-0.2, -0.15) is 26.3 Å². The lowest BCUT2D eigenvalue weighted by Crippen LogP contribution is -2.39. The van der Waals surface area contributed by atoms with E-state index in [9.17, 15) is 35.9 Å². The molecule has 1 aromatic rings. The molecule has 0 saturated carbocycles. The number of rotatable bonds is 9. The largest absolute Gasteiger partial charge is 0.416 e. The minimum atomic E-state index is -5.02. The van der Waals surface area contributed by atoms with Crippen LogP contribution in [0.4, 0.5) is 32.0 Å². The summed E-state index contributed by atoms with van der Waals surface area (Å²) < 4.78 is 81.8. The van der Waals surface area contributed by atoms with Crippen LogP contribution in [-0.2, 0) is 26.7 Å². The monoisotopic (exact) mass is 429 g/mol. The zero-order valence-corrected chi connectivity index (χ0v) is 15.7. The van der Waals surface area contributed by atoms with Gasteiger partial charge in [0.1, 0.15) is 0 Å². The van der Waals surface area contributed by atoms with Crippen molar-refractivity contribution < 1.29 is 40.7 Å². The first-order valence-electron chi connectivity index (χ1n) is 8.36. The van der Waals surface area contributed by atoms with Crippen molar-refractivity contribution in [1.82, 2.24) is 10.2 Å². The Morgan fingerprint density at radius 1 is 0.966 bits per heavy atom. The van der Waals surface area contributed by atoms with Crippen molar-refractivity contribution in [2.45, 2.75) is 18.8 Å². The van der Waals surface area contributed by atoms with Gasteiger partial charge in [-0.25, -0.2) is 0 Å². The summed E-state index contributed by atoms with van der Waals surface area (Å²) in [6.45, 7) is 0.215. The highest BCUT2D eigenvalue weighted by atomic mass is 19.4. The quantitative estimate of drug-likeness (QED) is 0.468. The molecule has 0 aliphatic heterocycles. The Morgan fingerprint density at radius 3 is 1.97 bits per heavy atom. The van der Waals surface area contributed by atoms with E-state index in [4.69, 9.17) is 4.74 Å². The predicted octanol–water partition coefficient (Wildman–Crippen LogP) is 2.75. The third kappa shape index (κ3) is 9.13. The summed E-state index contributed by atoms with van der Waals surface area (Å²) in [5.74, 6) is -1.26. The van der Waals surface area contributed by atoms with Gasteiger partial charge in [0.25, 0.3) is 0 Å². The molecule has 0 radical (unpaired) electrons. The van der Waals surface area contributed by atoms with Crippen molar-refractivity contribution in [3.8, 4) is 0 Å². The Labute approximate surface area is 163 Å². The number of halogens is 6. The summed E-state index contributed by atoms with van der Waals surface area (Å²) in [5, 5.41) is 4.58. The van der Waals surface area contributed by atoms with E-state index in [0.717, 1.165) is 0 Å². The van der Waals surface area contributed by atoms with Gasteiger partial charge in [0.15, 0.2) is 0 Å². The summed E-state index contributed by atoms with van der Waals surface area (Å²) in [5.41, 5.74) is -3.72. The first-order chi connectivity index (χ1) is 13.3. The van der Waals surface area contributed by atoms with Crippen LogP contribution in [0.2, 0.25) is 0 Å². The van der Waals surface area contributed by atoms with Gasteiger partial charge < -0.3 is 15.4 Å². The zero-order valence-electron chi connectivity index (χ0n) is 15.7. The smallest absolute Gasteiger partial charge is 0.385 e. The molecule has 29 heavy (non-hydrogen) atoms. The minimum absolute atomic E-state index is 0.0320. The van der Waals surface area contributed by atoms with Crippen LogP contribution in [0.15, 0.2) is 18.2 Å². The summed E-state index contributed by atoms with van der Waals surface area (Å²) in [7, 11) is 2.91. The Kier molecular flexibility index (Phi) is 8.89. The van der Waals surface area contributed by atoms with E-state index in [1.54, 1.807) is 0 Å². The van der Waals surface area contributed by atoms with Crippen molar-refractivity contribution in [1.29, 1.82) is 0 Å². The number of likely N-dealkylation sites (N-methyl/N-ethyl adjacent to an activating group) is 1. The van der Waals surface area contributed by atoms with Gasteiger partial charge in [-0.05, 0) is 31.7 Å². The Balaban J connectivity index is 2.72. The maximum Gasteiger partial charge on any atom is 0.416 e. The van der Waals surface area contributed by atoms with Gasteiger partial charge in [-0.1, -0.05) is 0 Å². The SMILES string of the molecule is COCCCNC(=O)CN(C)CC(=O)Nc1cc(C(F)(F)F)cc(C(F)(F)F)c1. The maximum atomic E-state index is 12.8. The number of alkyl halides is 6. The van der Waals surface area contributed by atoms with Crippen LogP contribution in [0.5, 0.6) is 0 Å². The van der Waals surface area contributed by atoms with E-state index in [-0.39, 0.29) is 12.6 Å². The molecule has 12 heteroatoms. The Bertz CT molecular complexity index is 674. The highest BCUT2D eigenvalue weighted by Crippen LogP contribution is 2.37. The van der Waals surface area contributed by atoms with Gasteiger partial charge in [0, 0.05) is 25.9 Å². The van der Waals surface area contributed by atoms with Crippen LogP contribution in [-0.4, -0.2) is 57.1 Å². The number of hydrogen-bond acceptors (Lipinski definition) is 4. The fourth-order valence-electron chi connectivity index (χ4n) is 2.27. The lowest BCUT2D eigenvalue weighted by molar-refractivity contribution is -0.143. The van der Waals surface area contributed by atoms with Crippen molar-refractivity contribution in [2.24, 2.45) is 0 Å². The zero-order chi connectivity index (χ0) is 22.2. The molecule has 0 saturated heterocycles. The third-order valence-electron chi connectivity index (χ3n) is 3.55. The lowest BCUT2D eigenvalue weighted by Gasteiger charge is -2.17. The van der Waals surface area contributed by atoms with Gasteiger partial charge >= 0.3 is 12.4 Å². The minimum Gasteiger partial charge on any atom is -0.385 e. The first-order valence-corrected chi connectivity index (χ1v) is 8.36. The summed E-state index contributed by atoms with van der Waals surface area (Å²) >= 11 is 0. The van der Waals surface area contributed by atoms with Gasteiger partial charge in [-0.15, -0.1) is 0 Å². The molecule has 0 aromatic heterocycles. The molecule has 0 aliphatic rings. The number of nitrogens with zero attached hydrogens (tertiary/aromatic N) is 1. The number of methoxy groups -OCH3 is 1. The number of amides is 2. The van der Waals surface area contributed by atoms with E-state index in [1.165, 1.54) is 19.1 Å². The predicted molar refractivity (Wildman–Crippen MR) is 92.1 cm³/mol. The van der Waals surface area contributed by atoms with Crippen LogP contribution in [0.25, 0.3) is 0 Å². The lowest BCUT2D eigenvalue weighted by atomic mass is 10.1. The molecule has 2 N–H and O–H groups in total. The normalized spacial score (nSPS) is 12.2. The highest BCUT2D eigenvalue weighted by Gasteiger charge is 2.37. The maximum absolute atomic E-state index is 12.8. The second kappa shape index (κ2) is 10.4. The van der Waals surface area contributed by atoms with Crippen LogP contribution in [0.3, 0.4) is 0 Å². The Hall–Kier alpha value is -2.34. The number of benzene rings is 1. The number of carbonyl (C=O) groups excluding carboxylic acids is 2. The molecule has 0 fully saturated rings. The number of ether oxygens (including phenoxy) is 1. The highest BCUT2D eigenvalue weighted by molar-refractivity contribution is 5.92. The van der Waals surface area contributed by atoms with E-state index < -0.39 is 47.5 Å². The molecule has 0 spiro atoms. The van der Waals surface area contributed by atoms with Gasteiger partial charge in [-0.3, -0.25) is 14.5 Å². The summed E-state index contributed by atoms with van der Waals surface area (Å²) in [4.78, 5) is 24.9. The van der Waals surface area contributed by atoms with E-state index in [1.807, 2.05) is 5.32 Å². The second-order valence-electron chi connectivity index (χ2n) is 6.21. The average molecular weight is 429 g/mol. The van der Waals surface area contributed by atoms with Crippen LogP contribution in [0.1, 0.15) is 17.5 Å². The van der Waals surface area contributed by atoms with E-state index in [0.29, 0.717) is 31.7 Å². The number of hydrogen-bond donors (Lipinski definition) is 2. The molecule has 1 aromatic carbocycles. The molecule has 0 bridgehead atoms. The standard InChI is InChI=1S/C17H21F6N3O3/c1-26(9-14(27)24-4-3-5-29-2)10-15(28)25-13-7-11(16(18,19)20)6-12(8-13)17(21,22)23/h6-8H,3-5,9-10H2,1-2H3,(H,24,27)(H,25,28). The molecular weight excluding hydrogens is 408 g/mol. The molecule has 1 rings (SSSR count). The molecule has 164 valence electrons. The summed E-state index contributed by atoms with van der Waals surface area (Å²) in [6, 6.07) is 0.793. The number of nitrogens with one attached hydrogen (secondary N) is 2. The first kappa shape index (κ1) is 24.7. The number of carbonyl (C=O) groups is 2. The van der Waals surface area contributed by atoms with Gasteiger partial charge in [0.05, 0.1) is 24.2 Å². The van der Waals surface area contributed by atoms with E-state index >= 15 is 0 Å². The molecule has 0 heterocycles. The molecule has 0 unspecified atom stereocenters. The topological polar surface area (TPSA) is 70.7 Å². The third-order valence-corrected chi connectivity index (χ3v) is 3.55. The summed E-state index contributed by atoms with van der Waals surface area (Å²) in [6.07, 6.45) is -9.44. The van der Waals surface area contributed by atoms with Crippen LogP contribution in [0, 0.1) is 0 Å². The van der Waals surface area contributed by atoms with Crippen LogP contribution < -0.4 is 10.6 Å². The van der Waals surface area contributed by atoms with Crippen molar-refractivity contribution >= 4 is 17.5 Å². The molecular formula is C17H21F6N3O3. The van der Waals surface area contributed by atoms with Crippen molar-refractivity contribution in [3.63, 3.8) is 0 Å². The molecule has 6 nitrogen and oxygen atoms in total. The van der Waals surface area contributed by atoms with E-state index in [2.05, 4.69) is 5.32 Å². The average Bonchev–Trinajstić information content (AvgIpc) is 2.56. The fraction of sp³-hybridized carbons (Fsp3) is 0.529. The van der Waals surface area contributed by atoms with Crippen molar-refractivity contribution in [2.75, 3.05) is 45.7 Å². The second-order valence-corrected chi connectivity index (χ2v) is 6.21. The van der Waals surface area contributed by atoms with Gasteiger partial charge in [0.2, 0.25) is 11.8 Å². The number of anilines is 1. The molecule has 2 amide bonds. The van der Waals surface area contributed by atoms with Crippen molar-refractivity contribution in [3.05, 3.63) is 29.3 Å². The molecule has 0 atom stereocenters. The fourth-order valence-corrected chi connectivity index (χ4v) is 2.27. The Morgan fingerprint density at radius 2 is 1.48 bits per heavy atom.